The third kappa shape index (κ3) is 2.56. The third-order valence-electron chi connectivity index (χ3n) is 5.57. The van der Waals surface area contributed by atoms with Crippen molar-refractivity contribution in [3.05, 3.63) is 71.4 Å². The number of hydrogen-bond donors (Lipinski definition) is 0. The third-order valence-corrected chi connectivity index (χ3v) is 5.57. The first-order valence-electron chi connectivity index (χ1n) is 9.15. The summed E-state index contributed by atoms with van der Waals surface area (Å²) in [6.45, 7) is 6.90. The minimum atomic E-state index is -1.12. The van der Waals surface area contributed by atoms with E-state index in [-0.39, 0.29) is 0 Å². The lowest BCUT2D eigenvalue weighted by Gasteiger charge is -2.27. The zero-order valence-corrected chi connectivity index (χ0v) is 16.1. The molecular weight excluding hydrogens is 336 g/mol. The maximum Gasteiger partial charge on any atom is 0.248 e. The SMILES string of the molecule is CC1(C)C(/C=C/c2c3ccccc3cc3ccccc23)=[N+]([O-])C(C)(C)N1[O]. The summed E-state index contributed by atoms with van der Waals surface area (Å²) in [5.41, 5.74) is -0.478. The molecule has 27 heavy (non-hydrogen) atoms. The molecule has 0 unspecified atom stereocenters. The number of hydroxylamine groups is 3. The summed E-state index contributed by atoms with van der Waals surface area (Å²) in [4.78, 5) is 0. The molecule has 0 amide bonds. The Morgan fingerprint density at radius 1 is 0.889 bits per heavy atom. The molecule has 0 N–H and O–H groups in total. The molecule has 3 aromatic carbocycles. The predicted molar refractivity (Wildman–Crippen MR) is 110 cm³/mol. The standard InChI is InChI=1S/C23H23N2O2/c1-22(2)21(24(26)23(3,4)25(22)27)14-13-20-18-11-7-5-9-16(18)15-17-10-6-8-12-19(17)20/h5-15H,1-4H3/b14-13+. The minimum Gasteiger partial charge on any atom is -0.622 e. The van der Waals surface area contributed by atoms with E-state index in [0.717, 1.165) is 36.9 Å². The first-order valence-corrected chi connectivity index (χ1v) is 9.15. The normalized spacial score (nSPS) is 19.6. The van der Waals surface area contributed by atoms with E-state index in [0.29, 0.717) is 5.71 Å². The molecule has 0 aliphatic carbocycles. The molecule has 3 aromatic rings. The summed E-state index contributed by atoms with van der Waals surface area (Å²) in [5.74, 6) is 0. The molecule has 1 aliphatic heterocycles. The van der Waals surface area contributed by atoms with Gasteiger partial charge in [0, 0.05) is 19.9 Å². The van der Waals surface area contributed by atoms with Crippen LogP contribution < -0.4 is 0 Å². The Hall–Kier alpha value is -2.69. The van der Waals surface area contributed by atoms with Gasteiger partial charge in [-0.1, -0.05) is 53.6 Å². The highest BCUT2D eigenvalue weighted by atomic mass is 16.6. The molecule has 0 fully saturated rings. The molecule has 1 radical (unpaired) electrons. The van der Waals surface area contributed by atoms with E-state index >= 15 is 0 Å². The van der Waals surface area contributed by atoms with Gasteiger partial charge in [0.1, 0.15) is 5.54 Å². The van der Waals surface area contributed by atoms with E-state index in [9.17, 15) is 10.4 Å². The van der Waals surface area contributed by atoms with E-state index < -0.39 is 11.2 Å². The molecule has 4 nitrogen and oxygen atoms in total. The van der Waals surface area contributed by atoms with Crippen molar-refractivity contribution in [2.45, 2.75) is 38.9 Å². The Kier molecular flexibility index (Phi) is 3.88. The molecule has 1 aliphatic rings. The second kappa shape index (κ2) is 5.91. The Bertz CT molecular complexity index is 1060. The van der Waals surface area contributed by atoms with Crippen LogP contribution in [-0.4, -0.2) is 26.7 Å². The highest BCUT2D eigenvalue weighted by Crippen LogP contribution is 2.34. The molecule has 0 saturated carbocycles. The largest absolute Gasteiger partial charge is 0.622 e. The van der Waals surface area contributed by atoms with Crippen molar-refractivity contribution >= 4 is 33.3 Å². The van der Waals surface area contributed by atoms with Crippen LogP contribution in [0.3, 0.4) is 0 Å². The highest BCUT2D eigenvalue weighted by molar-refractivity contribution is 6.10. The predicted octanol–water partition coefficient (Wildman–Crippen LogP) is 5.13. The van der Waals surface area contributed by atoms with Gasteiger partial charge < -0.3 is 5.21 Å². The Balaban J connectivity index is 1.94. The first kappa shape index (κ1) is 17.7. The summed E-state index contributed by atoms with van der Waals surface area (Å²) in [7, 11) is 0. The van der Waals surface area contributed by atoms with Gasteiger partial charge in [-0.15, -0.1) is 5.21 Å². The lowest BCUT2D eigenvalue weighted by Crippen LogP contribution is -2.50. The smallest absolute Gasteiger partial charge is 0.248 e. The van der Waals surface area contributed by atoms with Crippen LogP contribution in [0.1, 0.15) is 33.3 Å². The number of benzene rings is 3. The number of rotatable bonds is 2. The quantitative estimate of drug-likeness (QED) is 0.362. The molecule has 0 spiro atoms. The van der Waals surface area contributed by atoms with Crippen molar-refractivity contribution in [2.75, 3.05) is 0 Å². The summed E-state index contributed by atoms with van der Waals surface area (Å²) in [5, 5.41) is 30.8. The van der Waals surface area contributed by atoms with Crippen LogP contribution in [0, 0.1) is 5.21 Å². The van der Waals surface area contributed by atoms with Gasteiger partial charge in [-0.05, 0) is 53.1 Å². The van der Waals surface area contributed by atoms with Crippen LogP contribution in [0.4, 0.5) is 0 Å². The van der Waals surface area contributed by atoms with E-state index in [1.165, 1.54) is 0 Å². The van der Waals surface area contributed by atoms with E-state index in [1.54, 1.807) is 33.8 Å². The average Bonchev–Trinajstić information content (AvgIpc) is 2.76. The first-order chi connectivity index (χ1) is 12.7. The number of fused-ring (bicyclic) bond motifs is 2. The van der Waals surface area contributed by atoms with Gasteiger partial charge in [0.25, 0.3) is 0 Å². The van der Waals surface area contributed by atoms with Gasteiger partial charge >= 0.3 is 0 Å². The molecule has 0 saturated heterocycles. The van der Waals surface area contributed by atoms with E-state index in [1.807, 2.05) is 30.3 Å². The second-order valence-electron chi connectivity index (χ2n) is 8.09. The van der Waals surface area contributed by atoms with E-state index in [2.05, 4.69) is 30.3 Å². The molecule has 0 atom stereocenters. The van der Waals surface area contributed by atoms with Gasteiger partial charge in [0.15, 0.2) is 0 Å². The Morgan fingerprint density at radius 3 is 1.89 bits per heavy atom. The topological polar surface area (TPSA) is 49.2 Å². The van der Waals surface area contributed by atoms with Crippen molar-refractivity contribution < 1.29 is 9.95 Å². The molecule has 0 aromatic heterocycles. The van der Waals surface area contributed by atoms with Crippen molar-refractivity contribution in [1.29, 1.82) is 0 Å². The van der Waals surface area contributed by atoms with Crippen LogP contribution in [0.15, 0.2) is 60.7 Å². The Morgan fingerprint density at radius 2 is 1.41 bits per heavy atom. The second-order valence-corrected chi connectivity index (χ2v) is 8.09. The zero-order valence-electron chi connectivity index (χ0n) is 16.1. The summed E-state index contributed by atoms with van der Waals surface area (Å²) >= 11 is 0. The monoisotopic (exact) mass is 359 g/mol. The summed E-state index contributed by atoms with van der Waals surface area (Å²) in [6.07, 6.45) is 3.78. The van der Waals surface area contributed by atoms with Crippen LogP contribution >= 0.6 is 0 Å². The molecule has 137 valence electrons. The van der Waals surface area contributed by atoms with E-state index in [4.69, 9.17) is 0 Å². The zero-order chi connectivity index (χ0) is 19.4. The summed E-state index contributed by atoms with van der Waals surface area (Å²) in [6, 6.07) is 18.6. The number of nitrogens with zero attached hydrogens (tertiary/aromatic N) is 2. The fraction of sp³-hybridized carbons (Fsp3) is 0.261. The lowest BCUT2D eigenvalue weighted by atomic mass is 9.94. The maximum atomic E-state index is 12.8. The van der Waals surface area contributed by atoms with Gasteiger partial charge in [0.2, 0.25) is 11.4 Å². The van der Waals surface area contributed by atoms with Crippen LogP contribution in [0.5, 0.6) is 0 Å². The lowest BCUT2D eigenvalue weighted by molar-refractivity contribution is -0.586. The van der Waals surface area contributed by atoms with Gasteiger partial charge in [-0.2, -0.15) is 4.74 Å². The molecule has 4 heteroatoms. The molecule has 1 heterocycles. The average molecular weight is 359 g/mol. The van der Waals surface area contributed by atoms with Crippen LogP contribution in [0.2, 0.25) is 0 Å². The molecule has 4 rings (SSSR count). The molecular formula is C23H23N2O2. The van der Waals surface area contributed by atoms with Crippen molar-refractivity contribution in [3.63, 3.8) is 0 Å². The fourth-order valence-corrected chi connectivity index (χ4v) is 4.08. The van der Waals surface area contributed by atoms with Gasteiger partial charge in [-0.3, -0.25) is 0 Å². The van der Waals surface area contributed by atoms with Gasteiger partial charge in [-0.25, -0.2) is 0 Å². The van der Waals surface area contributed by atoms with Crippen LogP contribution in [-0.2, 0) is 5.21 Å². The van der Waals surface area contributed by atoms with Gasteiger partial charge in [0.05, 0.1) is 0 Å². The Labute approximate surface area is 159 Å². The number of hydrogen-bond acceptors (Lipinski definition) is 2. The van der Waals surface area contributed by atoms with Crippen molar-refractivity contribution in [2.24, 2.45) is 0 Å². The fourth-order valence-electron chi connectivity index (χ4n) is 4.08. The maximum absolute atomic E-state index is 12.8. The summed E-state index contributed by atoms with van der Waals surface area (Å²) < 4.78 is 0.837. The van der Waals surface area contributed by atoms with Crippen molar-refractivity contribution in [3.8, 4) is 0 Å². The molecule has 0 bridgehead atoms. The highest BCUT2D eigenvalue weighted by Gasteiger charge is 2.56. The minimum absolute atomic E-state index is 0.472. The van der Waals surface area contributed by atoms with Crippen LogP contribution in [0.25, 0.3) is 27.6 Å². The van der Waals surface area contributed by atoms with Crippen molar-refractivity contribution in [1.82, 2.24) is 5.06 Å².